The van der Waals surface area contributed by atoms with Crippen LogP contribution in [0.15, 0.2) is 41.0 Å². The zero-order valence-corrected chi connectivity index (χ0v) is 16.3. The molecule has 4 rings (SSSR count). The summed E-state index contributed by atoms with van der Waals surface area (Å²) in [4.78, 5) is 7.11. The molecule has 0 saturated carbocycles. The summed E-state index contributed by atoms with van der Waals surface area (Å²) < 4.78 is 2.72. The van der Waals surface area contributed by atoms with E-state index < -0.39 is 0 Å². The number of fused-ring (bicyclic) bond motifs is 1. The number of rotatable bonds is 3. The molecule has 1 aromatic carbocycles. The van der Waals surface area contributed by atoms with Crippen LogP contribution in [-0.2, 0) is 0 Å². The van der Waals surface area contributed by atoms with E-state index in [9.17, 15) is 0 Å². The predicted octanol–water partition coefficient (Wildman–Crippen LogP) is 4.32. The van der Waals surface area contributed by atoms with Crippen LogP contribution in [0.4, 0.5) is 5.82 Å². The maximum atomic E-state index is 6.38. The van der Waals surface area contributed by atoms with Crippen molar-refractivity contribution < 1.29 is 0 Å². The van der Waals surface area contributed by atoms with Gasteiger partial charge >= 0.3 is 0 Å². The van der Waals surface area contributed by atoms with Crippen LogP contribution in [-0.4, -0.2) is 45.7 Å². The largest absolute Gasteiger partial charge is 0.367 e. The van der Waals surface area contributed by atoms with Gasteiger partial charge in [0.25, 0.3) is 0 Å². The van der Waals surface area contributed by atoms with Crippen LogP contribution in [0.25, 0.3) is 16.9 Å². The first kappa shape index (κ1) is 16.8. The second-order valence-electron chi connectivity index (χ2n) is 6.46. The second-order valence-corrected chi connectivity index (χ2v) is 7.72. The predicted molar refractivity (Wildman–Crippen MR) is 105 cm³/mol. The van der Waals surface area contributed by atoms with Crippen molar-refractivity contribution in [2.45, 2.75) is 18.9 Å². The molecule has 1 aliphatic heterocycles. The van der Waals surface area contributed by atoms with Gasteiger partial charge in [-0.05, 0) is 55.0 Å². The molecule has 0 aliphatic carbocycles. The van der Waals surface area contributed by atoms with Crippen LogP contribution in [0.2, 0.25) is 5.02 Å². The minimum atomic E-state index is 0.434. The van der Waals surface area contributed by atoms with Crippen LogP contribution in [0.3, 0.4) is 0 Å². The van der Waals surface area contributed by atoms with Crippen LogP contribution >= 0.6 is 27.5 Å². The van der Waals surface area contributed by atoms with E-state index in [1.54, 1.807) is 6.20 Å². The lowest BCUT2D eigenvalue weighted by Gasteiger charge is -2.30. The molecule has 3 heterocycles. The summed E-state index contributed by atoms with van der Waals surface area (Å²) in [5, 5.41) is 8.81. The van der Waals surface area contributed by atoms with Gasteiger partial charge in [-0.15, -0.1) is 0 Å². The lowest BCUT2D eigenvalue weighted by Crippen LogP contribution is -2.37. The Kier molecular flexibility index (Phi) is 4.67. The second kappa shape index (κ2) is 6.94. The highest BCUT2D eigenvalue weighted by Crippen LogP contribution is 2.30. The van der Waals surface area contributed by atoms with Gasteiger partial charge in [0.2, 0.25) is 0 Å². The summed E-state index contributed by atoms with van der Waals surface area (Å²) in [5.41, 5.74) is 2.55. The molecule has 1 aliphatic rings. The standard InChI is InChI=1S/C18H19BrClN5/c1-24-8-6-12(7-9-24)22-17-10-16(13-4-2-3-5-15(13)20)23-18-14(19)11-21-25(17)18/h2-5,10-12,22H,6-9H2,1H3. The van der Waals surface area contributed by atoms with Gasteiger partial charge in [0.15, 0.2) is 5.65 Å². The van der Waals surface area contributed by atoms with Crippen LogP contribution < -0.4 is 5.32 Å². The van der Waals surface area contributed by atoms with Crippen molar-refractivity contribution in [3.05, 3.63) is 46.0 Å². The third kappa shape index (κ3) is 3.38. The fourth-order valence-electron chi connectivity index (χ4n) is 3.21. The quantitative estimate of drug-likeness (QED) is 0.685. The van der Waals surface area contributed by atoms with Crippen molar-refractivity contribution in [1.29, 1.82) is 0 Å². The minimum absolute atomic E-state index is 0.434. The smallest absolute Gasteiger partial charge is 0.172 e. The molecule has 1 saturated heterocycles. The lowest BCUT2D eigenvalue weighted by atomic mass is 10.1. The molecule has 0 radical (unpaired) electrons. The Morgan fingerprint density at radius 2 is 2.00 bits per heavy atom. The van der Waals surface area contributed by atoms with Gasteiger partial charge in [-0.2, -0.15) is 9.61 Å². The van der Waals surface area contributed by atoms with Gasteiger partial charge in [0, 0.05) is 22.7 Å². The Hall–Kier alpha value is -1.63. The molecular weight excluding hydrogens is 402 g/mol. The molecule has 0 spiro atoms. The highest BCUT2D eigenvalue weighted by Gasteiger charge is 2.19. The molecule has 5 nitrogen and oxygen atoms in total. The highest BCUT2D eigenvalue weighted by atomic mass is 79.9. The van der Waals surface area contributed by atoms with Gasteiger partial charge in [-0.3, -0.25) is 0 Å². The van der Waals surface area contributed by atoms with E-state index in [1.807, 2.05) is 34.8 Å². The van der Waals surface area contributed by atoms with Crippen LogP contribution in [0.5, 0.6) is 0 Å². The van der Waals surface area contributed by atoms with Gasteiger partial charge in [-0.25, -0.2) is 4.98 Å². The summed E-state index contributed by atoms with van der Waals surface area (Å²) in [6.07, 6.45) is 4.01. The number of anilines is 1. The summed E-state index contributed by atoms with van der Waals surface area (Å²) >= 11 is 9.93. The molecule has 0 amide bonds. The third-order valence-electron chi connectivity index (χ3n) is 4.65. The monoisotopic (exact) mass is 419 g/mol. The fraction of sp³-hybridized carbons (Fsp3) is 0.333. The van der Waals surface area contributed by atoms with Crippen molar-refractivity contribution in [3.63, 3.8) is 0 Å². The van der Waals surface area contributed by atoms with Crippen molar-refractivity contribution in [3.8, 4) is 11.3 Å². The normalized spacial score (nSPS) is 16.4. The molecule has 130 valence electrons. The molecule has 0 bridgehead atoms. The first-order valence-electron chi connectivity index (χ1n) is 8.36. The average molecular weight is 421 g/mol. The van der Waals surface area contributed by atoms with Crippen LogP contribution in [0.1, 0.15) is 12.8 Å². The van der Waals surface area contributed by atoms with E-state index in [0.29, 0.717) is 11.1 Å². The zero-order valence-electron chi connectivity index (χ0n) is 13.9. The highest BCUT2D eigenvalue weighted by molar-refractivity contribution is 9.10. The van der Waals surface area contributed by atoms with Crippen molar-refractivity contribution in [2.24, 2.45) is 0 Å². The van der Waals surface area contributed by atoms with E-state index in [-0.39, 0.29) is 0 Å². The zero-order chi connectivity index (χ0) is 17.4. The summed E-state index contributed by atoms with van der Waals surface area (Å²) in [5.74, 6) is 0.945. The number of hydrogen-bond donors (Lipinski definition) is 1. The Labute approximate surface area is 160 Å². The van der Waals surface area contributed by atoms with Gasteiger partial charge in [-0.1, -0.05) is 29.8 Å². The lowest BCUT2D eigenvalue weighted by molar-refractivity contribution is 0.263. The number of hydrogen-bond acceptors (Lipinski definition) is 4. The number of halogens is 2. The van der Waals surface area contributed by atoms with Gasteiger partial charge in [0.1, 0.15) is 5.82 Å². The number of aromatic nitrogens is 3. The van der Waals surface area contributed by atoms with E-state index in [0.717, 1.165) is 53.1 Å². The molecule has 3 aromatic rings. The van der Waals surface area contributed by atoms with Gasteiger partial charge in [0.05, 0.1) is 16.4 Å². The van der Waals surface area contributed by atoms with E-state index >= 15 is 0 Å². The first-order valence-corrected chi connectivity index (χ1v) is 9.53. The fourth-order valence-corrected chi connectivity index (χ4v) is 3.79. The molecule has 25 heavy (non-hydrogen) atoms. The van der Waals surface area contributed by atoms with E-state index in [4.69, 9.17) is 16.6 Å². The topological polar surface area (TPSA) is 45.5 Å². The van der Waals surface area contributed by atoms with E-state index in [1.165, 1.54) is 0 Å². The molecule has 0 unspecified atom stereocenters. The van der Waals surface area contributed by atoms with Crippen molar-refractivity contribution in [2.75, 3.05) is 25.5 Å². The van der Waals surface area contributed by atoms with Gasteiger partial charge < -0.3 is 10.2 Å². The maximum Gasteiger partial charge on any atom is 0.172 e. The number of likely N-dealkylation sites (tertiary alicyclic amines) is 1. The average Bonchev–Trinajstić information content (AvgIpc) is 2.99. The summed E-state index contributed by atoms with van der Waals surface area (Å²) in [7, 11) is 2.17. The number of nitrogens with one attached hydrogen (secondary N) is 1. The number of piperidine rings is 1. The molecular formula is C18H19BrClN5. The Bertz CT molecular complexity index is 902. The minimum Gasteiger partial charge on any atom is -0.367 e. The molecule has 1 N–H and O–H groups in total. The summed E-state index contributed by atoms with van der Waals surface area (Å²) in [6, 6.07) is 10.2. The Balaban J connectivity index is 1.76. The van der Waals surface area contributed by atoms with Crippen LogP contribution in [0, 0.1) is 0 Å². The third-order valence-corrected chi connectivity index (χ3v) is 5.54. The molecule has 1 fully saturated rings. The summed E-state index contributed by atoms with van der Waals surface area (Å²) in [6.45, 7) is 2.21. The number of nitrogens with zero attached hydrogens (tertiary/aromatic N) is 4. The SMILES string of the molecule is CN1CCC(Nc2cc(-c3ccccc3Cl)nc3c(Br)cnn23)CC1. The number of benzene rings is 1. The molecule has 2 aromatic heterocycles. The van der Waals surface area contributed by atoms with E-state index in [2.05, 4.69) is 38.3 Å². The molecule has 0 atom stereocenters. The Morgan fingerprint density at radius 1 is 1.24 bits per heavy atom. The maximum absolute atomic E-state index is 6.38. The van der Waals surface area contributed by atoms with Crippen molar-refractivity contribution >= 4 is 39.0 Å². The van der Waals surface area contributed by atoms with Crippen molar-refractivity contribution in [1.82, 2.24) is 19.5 Å². The molecule has 7 heteroatoms. The Morgan fingerprint density at radius 3 is 2.76 bits per heavy atom. The first-order chi connectivity index (χ1) is 12.1.